The van der Waals surface area contributed by atoms with Crippen molar-refractivity contribution >= 4 is 35.0 Å². The Bertz CT molecular complexity index is 1170. The van der Waals surface area contributed by atoms with Crippen molar-refractivity contribution in [2.24, 2.45) is 0 Å². The Balaban J connectivity index is 1.53. The minimum absolute atomic E-state index is 0.195. The molecule has 1 N–H and O–H groups in total. The summed E-state index contributed by atoms with van der Waals surface area (Å²) in [5, 5.41) is 11.6. The quantitative estimate of drug-likeness (QED) is 0.345. The van der Waals surface area contributed by atoms with Gasteiger partial charge in [-0.3, -0.25) is 4.79 Å². The van der Waals surface area contributed by atoms with Crippen LogP contribution in [-0.2, 0) is 11.2 Å². The Morgan fingerprint density at radius 3 is 2.45 bits per heavy atom. The van der Waals surface area contributed by atoms with Crippen LogP contribution in [0.4, 0.5) is 5.69 Å². The van der Waals surface area contributed by atoms with E-state index in [2.05, 4.69) is 15.5 Å². The number of rotatable bonds is 7. The first-order valence-corrected chi connectivity index (χ1v) is 11.0. The lowest BCUT2D eigenvalue weighted by Crippen LogP contribution is -2.19. The number of hydrogen-bond acceptors (Lipinski definition) is 5. The molecule has 0 saturated heterocycles. The molecule has 31 heavy (non-hydrogen) atoms. The van der Waals surface area contributed by atoms with Crippen LogP contribution < -0.4 is 5.32 Å². The molecule has 1 aromatic heterocycles. The summed E-state index contributed by atoms with van der Waals surface area (Å²) in [4.78, 5) is 13.1. The van der Waals surface area contributed by atoms with Crippen molar-refractivity contribution < 1.29 is 9.21 Å². The molecule has 7 heteroatoms. The molecule has 4 aromatic rings. The third-order valence-corrected chi connectivity index (χ3v) is 6.14. The number of carbonyl (C=O) groups excluding carboxylic acids is 1. The highest BCUT2D eigenvalue weighted by Crippen LogP contribution is 2.36. The first kappa shape index (κ1) is 21.2. The van der Waals surface area contributed by atoms with E-state index in [0.717, 1.165) is 16.7 Å². The van der Waals surface area contributed by atoms with Gasteiger partial charge in [-0.05, 0) is 47.5 Å². The zero-order chi connectivity index (χ0) is 21.6. The lowest BCUT2D eigenvalue weighted by molar-refractivity contribution is -0.115. The normalized spacial score (nSPS) is 11.8. The summed E-state index contributed by atoms with van der Waals surface area (Å²) in [5.74, 6) is 0.310. The molecule has 0 fully saturated rings. The van der Waals surface area contributed by atoms with Crippen molar-refractivity contribution in [1.29, 1.82) is 0 Å². The number of aryl methyl sites for hydroxylation is 1. The smallest absolute Gasteiger partial charge is 0.277 e. The summed E-state index contributed by atoms with van der Waals surface area (Å²) in [6, 6.07) is 24.9. The van der Waals surface area contributed by atoms with Crippen LogP contribution in [0.5, 0.6) is 0 Å². The van der Waals surface area contributed by atoms with E-state index >= 15 is 0 Å². The number of amides is 1. The van der Waals surface area contributed by atoms with E-state index in [1.807, 2.05) is 79.7 Å². The molecule has 1 atom stereocenters. The molecule has 0 saturated carbocycles. The summed E-state index contributed by atoms with van der Waals surface area (Å²) in [5.41, 5.74) is 3.50. The maximum Gasteiger partial charge on any atom is 0.277 e. The zero-order valence-corrected chi connectivity index (χ0v) is 18.4. The topological polar surface area (TPSA) is 68.0 Å². The lowest BCUT2D eigenvalue weighted by Gasteiger charge is -2.15. The van der Waals surface area contributed by atoms with Crippen molar-refractivity contribution in [3.8, 4) is 0 Å². The van der Waals surface area contributed by atoms with Gasteiger partial charge in [0, 0.05) is 10.7 Å². The SMILES string of the molecule is Cc1ccc(NC(=O)C(Sc2nnc(Cc3ccccc3)o2)c2ccccc2)cc1Cl. The monoisotopic (exact) mass is 449 g/mol. The fourth-order valence-corrected chi connectivity index (χ4v) is 4.08. The maximum absolute atomic E-state index is 13.1. The highest BCUT2D eigenvalue weighted by Gasteiger charge is 2.25. The van der Waals surface area contributed by atoms with E-state index in [-0.39, 0.29) is 5.91 Å². The van der Waals surface area contributed by atoms with Crippen LogP contribution in [0, 0.1) is 6.92 Å². The molecular formula is C24H20ClN3O2S. The Labute approximate surface area is 189 Å². The summed E-state index contributed by atoms with van der Waals surface area (Å²) in [7, 11) is 0. The highest BCUT2D eigenvalue weighted by molar-refractivity contribution is 8.00. The molecule has 0 radical (unpaired) electrons. The number of aromatic nitrogens is 2. The van der Waals surface area contributed by atoms with Crippen LogP contribution in [0.1, 0.15) is 27.8 Å². The minimum atomic E-state index is -0.564. The van der Waals surface area contributed by atoms with Gasteiger partial charge < -0.3 is 9.73 Å². The molecule has 0 bridgehead atoms. The van der Waals surface area contributed by atoms with Gasteiger partial charge in [0.1, 0.15) is 5.25 Å². The number of thioether (sulfide) groups is 1. The first-order chi connectivity index (χ1) is 15.1. The fraction of sp³-hybridized carbons (Fsp3) is 0.125. The average molecular weight is 450 g/mol. The molecule has 0 aliphatic rings. The van der Waals surface area contributed by atoms with Crippen molar-refractivity contribution in [1.82, 2.24) is 10.2 Å². The first-order valence-electron chi connectivity index (χ1n) is 9.73. The van der Waals surface area contributed by atoms with Gasteiger partial charge in [-0.15, -0.1) is 10.2 Å². The highest BCUT2D eigenvalue weighted by atomic mass is 35.5. The van der Waals surface area contributed by atoms with Crippen molar-refractivity contribution in [2.45, 2.75) is 23.8 Å². The number of nitrogens with zero attached hydrogens (tertiary/aromatic N) is 2. The molecule has 1 amide bonds. The number of anilines is 1. The van der Waals surface area contributed by atoms with Crippen molar-refractivity contribution in [3.05, 3.63) is 106 Å². The standard InChI is InChI=1S/C24H20ClN3O2S/c1-16-12-13-19(15-20(16)25)26-23(29)22(18-10-6-3-7-11-18)31-24-28-27-21(30-24)14-17-8-4-2-5-9-17/h2-13,15,22H,14H2,1H3,(H,26,29). The average Bonchev–Trinajstić information content (AvgIpc) is 3.23. The van der Waals surface area contributed by atoms with Gasteiger partial charge in [0.15, 0.2) is 0 Å². The number of hydrogen-bond donors (Lipinski definition) is 1. The lowest BCUT2D eigenvalue weighted by atomic mass is 10.1. The number of carbonyl (C=O) groups is 1. The van der Waals surface area contributed by atoms with Gasteiger partial charge >= 0.3 is 0 Å². The third-order valence-electron chi connectivity index (χ3n) is 4.64. The summed E-state index contributed by atoms with van der Waals surface area (Å²) < 4.78 is 5.81. The summed E-state index contributed by atoms with van der Waals surface area (Å²) >= 11 is 7.43. The van der Waals surface area contributed by atoms with E-state index in [4.69, 9.17) is 16.0 Å². The van der Waals surface area contributed by atoms with Crippen LogP contribution in [0.2, 0.25) is 5.02 Å². The summed E-state index contributed by atoms with van der Waals surface area (Å²) in [6.45, 7) is 1.92. The predicted molar refractivity (Wildman–Crippen MR) is 123 cm³/mol. The van der Waals surface area contributed by atoms with Crippen LogP contribution in [-0.4, -0.2) is 16.1 Å². The molecule has 0 aliphatic carbocycles. The second-order valence-corrected chi connectivity index (χ2v) is 8.45. The van der Waals surface area contributed by atoms with Crippen LogP contribution in [0.15, 0.2) is 88.5 Å². The molecule has 1 heterocycles. The summed E-state index contributed by atoms with van der Waals surface area (Å²) in [6.07, 6.45) is 0.540. The van der Waals surface area contributed by atoms with Gasteiger partial charge in [0.05, 0.1) is 6.42 Å². The van der Waals surface area contributed by atoms with Gasteiger partial charge in [-0.1, -0.05) is 78.3 Å². The molecule has 5 nitrogen and oxygen atoms in total. The second-order valence-electron chi connectivity index (χ2n) is 6.99. The number of benzene rings is 3. The Morgan fingerprint density at radius 2 is 1.74 bits per heavy atom. The minimum Gasteiger partial charge on any atom is -0.416 e. The van der Waals surface area contributed by atoms with E-state index in [1.54, 1.807) is 6.07 Å². The number of nitrogens with one attached hydrogen (secondary N) is 1. The van der Waals surface area contributed by atoms with Crippen LogP contribution >= 0.6 is 23.4 Å². The Hall–Kier alpha value is -3.09. The van der Waals surface area contributed by atoms with Gasteiger partial charge in [-0.2, -0.15) is 0 Å². The van der Waals surface area contributed by atoms with Crippen LogP contribution in [0.25, 0.3) is 0 Å². The maximum atomic E-state index is 13.1. The van der Waals surface area contributed by atoms with E-state index in [0.29, 0.717) is 28.2 Å². The molecule has 156 valence electrons. The van der Waals surface area contributed by atoms with Gasteiger partial charge in [0.25, 0.3) is 5.22 Å². The Morgan fingerprint density at radius 1 is 1.03 bits per heavy atom. The van der Waals surface area contributed by atoms with Gasteiger partial charge in [0.2, 0.25) is 11.8 Å². The van der Waals surface area contributed by atoms with Gasteiger partial charge in [-0.25, -0.2) is 0 Å². The molecule has 0 aliphatic heterocycles. The van der Waals surface area contributed by atoms with Crippen molar-refractivity contribution in [3.63, 3.8) is 0 Å². The molecule has 0 spiro atoms. The van der Waals surface area contributed by atoms with E-state index < -0.39 is 5.25 Å². The number of halogens is 1. The molecule has 4 rings (SSSR count). The molecule has 3 aromatic carbocycles. The zero-order valence-electron chi connectivity index (χ0n) is 16.8. The molecular weight excluding hydrogens is 430 g/mol. The third kappa shape index (κ3) is 5.54. The second kappa shape index (κ2) is 9.81. The van der Waals surface area contributed by atoms with Crippen molar-refractivity contribution in [2.75, 3.05) is 5.32 Å². The fourth-order valence-electron chi connectivity index (χ4n) is 3.01. The Kier molecular flexibility index (Phi) is 6.70. The van der Waals surface area contributed by atoms with Crippen LogP contribution in [0.3, 0.4) is 0 Å². The van der Waals surface area contributed by atoms with E-state index in [9.17, 15) is 4.79 Å². The molecule has 1 unspecified atom stereocenters. The van der Waals surface area contributed by atoms with E-state index in [1.165, 1.54) is 11.8 Å². The largest absolute Gasteiger partial charge is 0.416 e. The predicted octanol–water partition coefficient (Wildman–Crippen LogP) is 6.09.